The molecule has 0 aliphatic heterocycles. The van der Waals surface area contributed by atoms with Gasteiger partial charge in [0.15, 0.2) is 0 Å². The van der Waals surface area contributed by atoms with E-state index in [0.717, 1.165) is 0 Å². The van der Waals surface area contributed by atoms with Gasteiger partial charge in [-0.2, -0.15) is 0 Å². The Morgan fingerprint density at radius 1 is 0.474 bits per heavy atom. The summed E-state index contributed by atoms with van der Waals surface area (Å²) in [6, 6.07) is 0. The van der Waals surface area contributed by atoms with E-state index in [0.29, 0.717) is 0 Å². The minimum atomic E-state index is -1.70. The first-order valence-electron chi connectivity index (χ1n) is 9.24. The Morgan fingerprint density at radius 2 is 0.895 bits per heavy atom. The van der Waals surface area contributed by atoms with Crippen molar-refractivity contribution in [2.45, 2.75) is 110 Å². The van der Waals surface area contributed by atoms with Gasteiger partial charge in [-0.3, -0.25) is 0 Å². The summed E-state index contributed by atoms with van der Waals surface area (Å²) in [5.74, 6) is 0. The van der Waals surface area contributed by atoms with Crippen LogP contribution in [0.3, 0.4) is 0 Å². The summed E-state index contributed by atoms with van der Waals surface area (Å²) in [5, 5.41) is 0. The molecule has 0 aromatic rings. The van der Waals surface area contributed by atoms with Gasteiger partial charge in [0.1, 0.15) is 0 Å². The maximum absolute atomic E-state index is 2.53. The van der Waals surface area contributed by atoms with E-state index in [2.05, 4.69) is 27.7 Å². The average molecular weight is 375 g/mol. The standard InChI is InChI=1S/2C6H13.C4H9.C2H5.Sn/c2*1-3-5-6-4-2;1-3-4-2;1-2;/h2*1,3-6H2,2H3;1,3-4H2,2H3;1H2,2H3;. The zero-order valence-corrected chi connectivity index (χ0v) is 17.3. The molecule has 0 amide bonds. The van der Waals surface area contributed by atoms with Crippen molar-refractivity contribution in [2.24, 2.45) is 0 Å². The molecule has 0 nitrogen and oxygen atoms in total. The summed E-state index contributed by atoms with van der Waals surface area (Å²) in [5.41, 5.74) is 0. The van der Waals surface area contributed by atoms with E-state index >= 15 is 0 Å². The molecule has 0 saturated carbocycles. The second-order valence-electron chi connectivity index (χ2n) is 6.58. The van der Waals surface area contributed by atoms with E-state index in [1.165, 1.54) is 51.4 Å². The first-order chi connectivity index (χ1) is 9.24. The zero-order chi connectivity index (χ0) is 14.4. The van der Waals surface area contributed by atoms with Crippen molar-refractivity contribution in [3.8, 4) is 0 Å². The van der Waals surface area contributed by atoms with Crippen LogP contribution in [0.4, 0.5) is 0 Å². The molecule has 0 unspecified atom stereocenters. The number of hydrogen-bond acceptors (Lipinski definition) is 0. The molecule has 0 spiro atoms. The van der Waals surface area contributed by atoms with Gasteiger partial charge in [-0.15, -0.1) is 0 Å². The van der Waals surface area contributed by atoms with Crippen LogP contribution in [0.2, 0.25) is 17.7 Å². The first-order valence-corrected chi connectivity index (χ1v) is 17.3. The van der Waals surface area contributed by atoms with Crippen LogP contribution in [0, 0.1) is 0 Å². The fraction of sp³-hybridized carbons (Fsp3) is 1.00. The van der Waals surface area contributed by atoms with Crippen molar-refractivity contribution in [1.29, 1.82) is 0 Å². The molecule has 0 aliphatic rings. The molecule has 0 rings (SSSR count). The molecule has 0 aliphatic carbocycles. The van der Waals surface area contributed by atoms with Gasteiger partial charge in [0.25, 0.3) is 0 Å². The summed E-state index contributed by atoms with van der Waals surface area (Å²) >= 11 is -1.70. The average Bonchev–Trinajstić information content (AvgIpc) is 2.45. The molecule has 0 saturated heterocycles. The van der Waals surface area contributed by atoms with Gasteiger partial charge in [0, 0.05) is 0 Å². The summed E-state index contributed by atoms with van der Waals surface area (Å²) < 4.78 is 6.72. The molecule has 0 fully saturated rings. The Morgan fingerprint density at radius 3 is 1.26 bits per heavy atom. The third kappa shape index (κ3) is 10.2. The number of rotatable bonds is 14. The maximum atomic E-state index is 2.53. The van der Waals surface area contributed by atoms with Crippen LogP contribution in [0.15, 0.2) is 0 Å². The summed E-state index contributed by atoms with van der Waals surface area (Å²) in [6.07, 6.45) is 14.8. The third-order valence-electron chi connectivity index (χ3n) is 4.93. The van der Waals surface area contributed by atoms with Crippen molar-refractivity contribution in [1.82, 2.24) is 0 Å². The van der Waals surface area contributed by atoms with Crippen molar-refractivity contribution in [3.63, 3.8) is 0 Å². The van der Waals surface area contributed by atoms with E-state index in [-0.39, 0.29) is 0 Å². The fourth-order valence-electron chi connectivity index (χ4n) is 3.31. The van der Waals surface area contributed by atoms with Gasteiger partial charge in [-0.1, -0.05) is 0 Å². The van der Waals surface area contributed by atoms with Gasteiger partial charge in [0.05, 0.1) is 0 Å². The van der Waals surface area contributed by atoms with Crippen LogP contribution in [0.25, 0.3) is 0 Å². The molecule has 0 aromatic carbocycles. The molecule has 19 heavy (non-hydrogen) atoms. The van der Waals surface area contributed by atoms with Crippen LogP contribution in [-0.4, -0.2) is 18.4 Å². The number of unbranched alkanes of at least 4 members (excludes halogenated alkanes) is 7. The van der Waals surface area contributed by atoms with Crippen molar-refractivity contribution in [3.05, 3.63) is 0 Å². The van der Waals surface area contributed by atoms with E-state index in [9.17, 15) is 0 Å². The van der Waals surface area contributed by atoms with Gasteiger partial charge in [-0.05, 0) is 0 Å². The summed E-state index contributed by atoms with van der Waals surface area (Å²) in [4.78, 5) is 0. The zero-order valence-electron chi connectivity index (χ0n) is 14.4. The minimum absolute atomic E-state index is 1.39. The number of hydrogen-bond donors (Lipinski definition) is 0. The van der Waals surface area contributed by atoms with Crippen LogP contribution in [-0.2, 0) is 0 Å². The second kappa shape index (κ2) is 13.8. The van der Waals surface area contributed by atoms with E-state index < -0.39 is 18.4 Å². The predicted molar refractivity (Wildman–Crippen MR) is 93.8 cm³/mol. The third-order valence-corrected chi connectivity index (χ3v) is 21.3. The van der Waals surface area contributed by atoms with Crippen LogP contribution < -0.4 is 0 Å². The quantitative estimate of drug-likeness (QED) is 0.219. The summed E-state index contributed by atoms with van der Waals surface area (Å²) in [7, 11) is 0. The van der Waals surface area contributed by atoms with Crippen LogP contribution >= 0.6 is 0 Å². The monoisotopic (exact) mass is 376 g/mol. The SMILES string of the molecule is CCCCC[CH2][Sn]([CH2]C)([CH2]CCC)[CH2]CCCCC. The first kappa shape index (κ1) is 19.8. The topological polar surface area (TPSA) is 0 Å². The Bertz CT molecular complexity index is 165. The van der Waals surface area contributed by atoms with Crippen LogP contribution in [0.5, 0.6) is 0 Å². The van der Waals surface area contributed by atoms with Crippen molar-refractivity contribution >= 4 is 18.4 Å². The Balaban J connectivity index is 4.15. The van der Waals surface area contributed by atoms with Crippen LogP contribution in [0.1, 0.15) is 91.9 Å². The Labute approximate surface area is 128 Å². The Hall–Kier alpha value is 0.799. The van der Waals surface area contributed by atoms with Crippen molar-refractivity contribution < 1.29 is 0 Å². The van der Waals surface area contributed by atoms with Gasteiger partial charge in [0.2, 0.25) is 0 Å². The van der Waals surface area contributed by atoms with Gasteiger partial charge >= 0.3 is 128 Å². The normalized spacial score (nSPS) is 12.0. The molecule has 0 N–H and O–H groups in total. The Kier molecular flexibility index (Phi) is 14.3. The molecule has 0 atom stereocenters. The molecular weight excluding hydrogens is 335 g/mol. The van der Waals surface area contributed by atoms with E-state index in [1.807, 2.05) is 0 Å². The fourth-order valence-corrected chi connectivity index (χ4v) is 17.3. The molecule has 0 radical (unpaired) electrons. The van der Waals surface area contributed by atoms with Gasteiger partial charge < -0.3 is 0 Å². The molecule has 1 heteroatoms. The molecule has 0 aromatic heterocycles. The molecular formula is C18H40Sn. The molecule has 0 bridgehead atoms. The van der Waals surface area contributed by atoms with E-state index in [1.54, 1.807) is 30.6 Å². The molecule has 0 heterocycles. The van der Waals surface area contributed by atoms with Gasteiger partial charge in [-0.25, -0.2) is 0 Å². The predicted octanol–water partition coefficient (Wildman–Crippen LogP) is 7.42. The van der Waals surface area contributed by atoms with E-state index in [4.69, 9.17) is 0 Å². The second-order valence-corrected chi connectivity index (χ2v) is 21.4. The van der Waals surface area contributed by atoms with Crippen molar-refractivity contribution in [2.75, 3.05) is 0 Å². The summed E-state index contributed by atoms with van der Waals surface area (Å²) in [6.45, 7) is 9.57. The molecule has 116 valence electrons.